The SMILES string of the molecule is C=C1C=C2c3c(C)coc3C[C@@H](C)[C@H]2[C@@H](OC(C)=O)C1. The smallest absolute Gasteiger partial charge is 0.302 e. The molecule has 2 aliphatic rings. The fourth-order valence-corrected chi connectivity index (χ4v) is 3.66. The lowest BCUT2D eigenvalue weighted by molar-refractivity contribution is -0.148. The molecule has 0 bridgehead atoms. The van der Waals surface area contributed by atoms with Crippen molar-refractivity contribution in [2.24, 2.45) is 11.8 Å². The third kappa shape index (κ3) is 2.01. The van der Waals surface area contributed by atoms with Gasteiger partial charge in [0, 0.05) is 31.2 Å². The van der Waals surface area contributed by atoms with Gasteiger partial charge in [-0.15, -0.1) is 0 Å². The molecule has 0 aliphatic heterocycles. The van der Waals surface area contributed by atoms with Crippen LogP contribution in [-0.2, 0) is 16.0 Å². The summed E-state index contributed by atoms with van der Waals surface area (Å²) in [5.74, 6) is 1.48. The molecule has 0 N–H and O–H groups in total. The fourth-order valence-electron chi connectivity index (χ4n) is 3.66. The largest absolute Gasteiger partial charge is 0.468 e. The molecule has 0 aromatic carbocycles. The third-order valence-electron chi connectivity index (χ3n) is 4.36. The van der Waals surface area contributed by atoms with Gasteiger partial charge in [-0.05, 0) is 24.0 Å². The normalized spacial score (nSPS) is 28.4. The van der Waals surface area contributed by atoms with Crippen molar-refractivity contribution in [2.45, 2.75) is 39.7 Å². The molecule has 106 valence electrons. The monoisotopic (exact) mass is 272 g/mol. The van der Waals surface area contributed by atoms with E-state index in [9.17, 15) is 4.79 Å². The topological polar surface area (TPSA) is 39.4 Å². The number of furan rings is 1. The molecule has 0 unspecified atom stereocenters. The first-order valence-electron chi connectivity index (χ1n) is 7.11. The summed E-state index contributed by atoms with van der Waals surface area (Å²) < 4.78 is 11.2. The first kappa shape index (κ1) is 13.2. The minimum absolute atomic E-state index is 0.0996. The van der Waals surface area contributed by atoms with Gasteiger partial charge in [0.25, 0.3) is 0 Å². The van der Waals surface area contributed by atoms with E-state index >= 15 is 0 Å². The minimum atomic E-state index is -0.217. The standard InChI is InChI=1S/C17H20O3/c1-9-5-13-16(15(6-9)20-12(4)18)10(2)7-14-17(13)11(3)8-19-14/h5,8,10,15-16H,1,6-7H2,2-4H3/t10-,15+,16-/m1/s1. The molecule has 3 atom stereocenters. The van der Waals surface area contributed by atoms with Crippen molar-refractivity contribution in [3.8, 4) is 0 Å². The molecule has 0 saturated carbocycles. The highest BCUT2D eigenvalue weighted by Crippen LogP contribution is 2.47. The van der Waals surface area contributed by atoms with Crippen LogP contribution in [0.3, 0.4) is 0 Å². The molecule has 3 nitrogen and oxygen atoms in total. The van der Waals surface area contributed by atoms with Gasteiger partial charge in [0.05, 0.1) is 6.26 Å². The van der Waals surface area contributed by atoms with Crippen LogP contribution < -0.4 is 0 Å². The number of rotatable bonds is 1. The maximum absolute atomic E-state index is 11.4. The Morgan fingerprint density at radius 3 is 2.90 bits per heavy atom. The number of carbonyl (C=O) groups is 1. The van der Waals surface area contributed by atoms with Gasteiger partial charge in [0.2, 0.25) is 0 Å². The van der Waals surface area contributed by atoms with Crippen molar-refractivity contribution in [1.82, 2.24) is 0 Å². The maximum atomic E-state index is 11.4. The molecule has 1 heterocycles. The molecular weight excluding hydrogens is 252 g/mol. The van der Waals surface area contributed by atoms with Gasteiger partial charge in [0.1, 0.15) is 11.9 Å². The van der Waals surface area contributed by atoms with Crippen molar-refractivity contribution in [1.29, 1.82) is 0 Å². The van der Waals surface area contributed by atoms with Crippen LogP contribution in [0.1, 0.15) is 37.2 Å². The Bertz CT molecular complexity index is 606. The molecule has 1 aromatic rings. The van der Waals surface area contributed by atoms with Crippen molar-refractivity contribution in [2.75, 3.05) is 0 Å². The second-order valence-electron chi connectivity index (χ2n) is 6.03. The fraction of sp³-hybridized carbons (Fsp3) is 0.471. The zero-order chi connectivity index (χ0) is 14.4. The van der Waals surface area contributed by atoms with E-state index in [-0.39, 0.29) is 18.0 Å². The zero-order valence-corrected chi connectivity index (χ0v) is 12.2. The van der Waals surface area contributed by atoms with Gasteiger partial charge in [-0.25, -0.2) is 0 Å². The number of ether oxygens (including phenoxy) is 1. The van der Waals surface area contributed by atoms with E-state index in [2.05, 4.69) is 26.5 Å². The van der Waals surface area contributed by atoms with Crippen LogP contribution in [0.5, 0.6) is 0 Å². The highest BCUT2D eigenvalue weighted by molar-refractivity contribution is 5.77. The molecule has 20 heavy (non-hydrogen) atoms. The number of hydrogen-bond acceptors (Lipinski definition) is 3. The summed E-state index contributed by atoms with van der Waals surface area (Å²) in [5, 5.41) is 0. The van der Waals surface area contributed by atoms with Crippen LogP contribution in [0.25, 0.3) is 5.57 Å². The second kappa shape index (κ2) is 4.65. The van der Waals surface area contributed by atoms with Gasteiger partial charge in [-0.2, -0.15) is 0 Å². The lowest BCUT2D eigenvalue weighted by Crippen LogP contribution is -2.37. The lowest BCUT2D eigenvalue weighted by atomic mass is 9.68. The highest BCUT2D eigenvalue weighted by atomic mass is 16.5. The average Bonchev–Trinajstić information content (AvgIpc) is 2.69. The summed E-state index contributed by atoms with van der Waals surface area (Å²) in [6.45, 7) is 9.81. The van der Waals surface area contributed by atoms with Crippen LogP contribution in [-0.4, -0.2) is 12.1 Å². The summed E-state index contributed by atoms with van der Waals surface area (Å²) >= 11 is 0. The van der Waals surface area contributed by atoms with E-state index < -0.39 is 0 Å². The van der Waals surface area contributed by atoms with Gasteiger partial charge in [-0.3, -0.25) is 4.79 Å². The third-order valence-corrected chi connectivity index (χ3v) is 4.36. The summed E-state index contributed by atoms with van der Waals surface area (Å²) in [6, 6.07) is 0. The first-order valence-corrected chi connectivity index (χ1v) is 7.11. The molecule has 1 aromatic heterocycles. The summed E-state index contributed by atoms with van der Waals surface area (Å²) in [4.78, 5) is 11.4. The summed E-state index contributed by atoms with van der Waals surface area (Å²) in [6.07, 6.45) is 5.50. The molecule has 0 saturated heterocycles. The minimum Gasteiger partial charge on any atom is -0.468 e. The number of esters is 1. The number of aryl methyl sites for hydroxylation is 1. The number of allylic oxidation sites excluding steroid dienone is 1. The Balaban J connectivity index is 2.08. The van der Waals surface area contributed by atoms with E-state index in [4.69, 9.17) is 9.15 Å². The van der Waals surface area contributed by atoms with Gasteiger partial charge < -0.3 is 9.15 Å². The molecule has 0 fully saturated rings. The molecule has 0 amide bonds. The maximum Gasteiger partial charge on any atom is 0.302 e. The van der Waals surface area contributed by atoms with Crippen LogP contribution in [0, 0.1) is 18.8 Å². The average molecular weight is 272 g/mol. The van der Waals surface area contributed by atoms with E-state index in [1.807, 2.05) is 6.26 Å². The Hall–Kier alpha value is -1.77. The Morgan fingerprint density at radius 2 is 2.20 bits per heavy atom. The van der Waals surface area contributed by atoms with Crippen LogP contribution in [0.2, 0.25) is 0 Å². The highest BCUT2D eigenvalue weighted by Gasteiger charge is 2.41. The van der Waals surface area contributed by atoms with E-state index in [0.717, 1.165) is 29.7 Å². The van der Waals surface area contributed by atoms with Gasteiger partial charge in [0.15, 0.2) is 0 Å². The molecule has 2 aliphatic carbocycles. The number of hydrogen-bond donors (Lipinski definition) is 0. The Kier molecular flexibility index (Phi) is 3.08. The second-order valence-corrected chi connectivity index (χ2v) is 6.03. The quantitative estimate of drug-likeness (QED) is 0.732. The van der Waals surface area contributed by atoms with Gasteiger partial charge in [-0.1, -0.05) is 25.2 Å². The molecule has 0 spiro atoms. The lowest BCUT2D eigenvalue weighted by Gasteiger charge is -2.39. The van der Waals surface area contributed by atoms with Crippen molar-refractivity contribution in [3.63, 3.8) is 0 Å². The van der Waals surface area contributed by atoms with E-state index in [0.29, 0.717) is 5.92 Å². The molecular formula is C17H20O3. The molecule has 3 heteroatoms. The Morgan fingerprint density at radius 1 is 1.45 bits per heavy atom. The van der Waals surface area contributed by atoms with Crippen LogP contribution in [0.4, 0.5) is 0 Å². The first-order chi connectivity index (χ1) is 9.47. The van der Waals surface area contributed by atoms with E-state index in [1.165, 1.54) is 18.1 Å². The van der Waals surface area contributed by atoms with Crippen molar-refractivity contribution >= 4 is 11.5 Å². The van der Waals surface area contributed by atoms with Crippen molar-refractivity contribution in [3.05, 3.63) is 41.4 Å². The molecule has 3 rings (SSSR count). The predicted octanol–water partition coefficient (Wildman–Crippen LogP) is 3.67. The Labute approximate surface area is 119 Å². The number of carbonyl (C=O) groups excluding carboxylic acids is 1. The van der Waals surface area contributed by atoms with Crippen LogP contribution in [0.15, 0.2) is 28.9 Å². The predicted molar refractivity (Wildman–Crippen MR) is 77.1 cm³/mol. The summed E-state index contributed by atoms with van der Waals surface area (Å²) in [7, 11) is 0. The molecule has 0 radical (unpaired) electrons. The number of fused-ring (bicyclic) bond motifs is 3. The zero-order valence-electron chi connectivity index (χ0n) is 12.2. The van der Waals surface area contributed by atoms with Gasteiger partial charge >= 0.3 is 5.97 Å². The van der Waals surface area contributed by atoms with E-state index in [1.54, 1.807) is 0 Å². The van der Waals surface area contributed by atoms with Crippen LogP contribution >= 0.6 is 0 Å². The summed E-state index contributed by atoms with van der Waals surface area (Å²) in [5.41, 5.74) is 4.60. The van der Waals surface area contributed by atoms with Crippen molar-refractivity contribution < 1.29 is 13.9 Å².